The SMILES string of the molecule is COc1ccc(-c2c3nc(cc4ccc([nH]4)c(-c4ccc(OC)c(OCCCC(=O)O)c4)c4nc(cc5ccc2[nH]5)CC4)CC3)cc1OCCCC(=O)O. The predicted octanol–water partition coefficient (Wildman–Crippen LogP) is 7.72. The Labute approximate surface area is 311 Å². The van der Waals surface area contributed by atoms with Crippen molar-refractivity contribution in [2.24, 2.45) is 0 Å². The van der Waals surface area contributed by atoms with Crippen LogP contribution in [0.1, 0.15) is 48.5 Å². The number of fused-ring (bicyclic) bond motifs is 8. The lowest BCUT2D eigenvalue weighted by Gasteiger charge is -2.13. The Morgan fingerprint density at radius 3 is 1.44 bits per heavy atom. The van der Waals surface area contributed by atoms with Gasteiger partial charge in [-0.1, -0.05) is 12.1 Å². The van der Waals surface area contributed by atoms with Crippen molar-refractivity contribution in [2.45, 2.75) is 51.4 Å². The molecule has 0 spiro atoms. The van der Waals surface area contributed by atoms with E-state index in [1.54, 1.807) is 14.2 Å². The molecule has 2 aliphatic heterocycles. The van der Waals surface area contributed by atoms with E-state index < -0.39 is 11.9 Å². The molecule has 2 aliphatic rings. The summed E-state index contributed by atoms with van der Waals surface area (Å²) < 4.78 is 23.2. The molecule has 4 N–H and O–H groups in total. The van der Waals surface area contributed by atoms with Gasteiger partial charge in [-0.25, -0.2) is 0 Å². The number of aromatic nitrogens is 4. The average molecular weight is 731 g/mol. The first-order valence-corrected chi connectivity index (χ1v) is 18.0. The van der Waals surface area contributed by atoms with Gasteiger partial charge in [0.1, 0.15) is 0 Å². The number of aromatic amines is 2. The molecule has 54 heavy (non-hydrogen) atoms. The maximum atomic E-state index is 11.1. The van der Waals surface area contributed by atoms with E-state index in [1.165, 1.54) is 0 Å². The molecule has 12 nitrogen and oxygen atoms in total. The minimum atomic E-state index is -0.862. The van der Waals surface area contributed by atoms with Gasteiger partial charge in [0.2, 0.25) is 0 Å². The van der Waals surface area contributed by atoms with Crippen LogP contribution in [0.2, 0.25) is 0 Å². The number of carboxylic acids is 2. The van der Waals surface area contributed by atoms with Crippen LogP contribution in [0.25, 0.3) is 44.3 Å². The number of methoxy groups -OCH3 is 2. The van der Waals surface area contributed by atoms with E-state index in [-0.39, 0.29) is 26.1 Å². The molecule has 2 aromatic carbocycles. The van der Waals surface area contributed by atoms with E-state index in [1.807, 2.05) is 48.5 Å². The number of aryl methyl sites for hydroxylation is 4. The van der Waals surface area contributed by atoms with E-state index in [9.17, 15) is 9.59 Å². The lowest BCUT2D eigenvalue weighted by atomic mass is 10.0. The van der Waals surface area contributed by atoms with Crippen molar-refractivity contribution in [1.82, 2.24) is 19.9 Å². The lowest BCUT2D eigenvalue weighted by molar-refractivity contribution is -0.138. The summed E-state index contributed by atoms with van der Waals surface area (Å²) in [7, 11) is 3.17. The fourth-order valence-corrected chi connectivity index (χ4v) is 6.93. The Hall–Kier alpha value is -6.30. The van der Waals surface area contributed by atoms with Gasteiger partial charge in [-0.05, 0) is 110 Å². The van der Waals surface area contributed by atoms with Gasteiger partial charge in [0.05, 0.1) is 38.8 Å². The number of H-pyrrole nitrogens is 2. The zero-order valence-corrected chi connectivity index (χ0v) is 30.2. The molecule has 278 valence electrons. The Balaban J connectivity index is 1.36. The smallest absolute Gasteiger partial charge is 0.303 e. The summed E-state index contributed by atoms with van der Waals surface area (Å²) in [6, 6.07) is 24.0. The number of benzene rings is 2. The van der Waals surface area contributed by atoms with Crippen molar-refractivity contribution in [1.29, 1.82) is 0 Å². The summed E-state index contributed by atoms with van der Waals surface area (Å²) in [5.41, 5.74) is 11.1. The number of carbonyl (C=O) groups is 2. The van der Waals surface area contributed by atoms with Crippen molar-refractivity contribution in [2.75, 3.05) is 27.4 Å². The molecular formula is C42H42N4O8. The second-order valence-electron chi connectivity index (χ2n) is 13.2. The number of nitrogens with one attached hydrogen (secondary N) is 2. The number of rotatable bonds is 14. The van der Waals surface area contributed by atoms with E-state index >= 15 is 0 Å². The van der Waals surface area contributed by atoms with Crippen LogP contribution >= 0.6 is 0 Å². The zero-order chi connectivity index (χ0) is 37.6. The number of nitrogens with zero attached hydrogens (tertiary/aromatic N) is 2. The molecule has 0 saturated carbocycles. The third-order valence-electron chi connectivity index (χ3n) is 9.46. The zero-order valence-electron chi connectivity index (χ0n) is 30.2. The third-order valence-corrected chi connectivity index (χ3v) is 9.46. The molecule has 0 unspecified atom stereocenters. The van der Waals surface area contributed by atoms with Crippen molar-refractivity contribution < 1.29 is 38.7 Å². The maximum Gasteiger partial charge on any atom is 0.303 e. The van der Waals surface area contributed by atoms with Gasteiger partial charge in [-0.2, -0.15) is 0 Å². The monoisotopic (exact) mass is 730 g/mol. The minimum absolute atomic E-state index is 0.0220. The van der Waals surface area contributed by atoms with Crippen LogP contribution in [0, 0.1) is 0 Å². The average Bonchev–Trinajstić information content (AvgIpc) is 3.99. The molecule has 8 bridgehead atoms. The fourth-order valence-electron chi connectivity index (χ4n) is 6.93. The number of hydrogen-bond acceptors (Lipinski definition) is 8. The molecular weight excluding hydrogens is 688 g/mol. The van der Waals surface area contributed by atoms with Crippen molar-refractivity contribution in [3.05, 3.63) is 95.6 Å². The van der Waals surface area contributed by atoms with Crippen LogP contribution in [0.15, 0.2) is 72.8 Å². The molecule has 3 aromatic heterocycles. The number of carboxylic acid groups (broad SMARTS) is 2. The van der Waals surface area contributed by atoms with Crippen LogP contribution in [-0.2, 0) is 35.3 Å². The van der Waals surface area contributed by atoms with Gasteiger partial charge < -0.3 is 39.1 Å². The molecule has 0 fully saturated rings. The molecule has 5 aromatic rings. The van der Waals surface area contributed by atoms with E-state index in [0.717, 1.165) is 92.8 Å². The highest BCUT2D eigenvalue weighted by molar-refractivity contribution is 5.86. The van der Waals surface area contributed by atoms with Gasteiger partial charge in [-0.15, -0.1) is 0 Å². The summed E-state index contributed by atoms with van der Waals surface area (Å²) in [6.45, 7) is 0.495. The molecule has 0 amide bonds. The third kappa shape index (κ3) is 8.17. The largest absolute Gasteiger partial charge is 0.493 e. The van der Waals surface area contributed by atoms with Crippen LogP contribution < -0.4 is 18.9 Å². The predicted molar refractivity (Wildman–Crippen MR) is 205 cm³/mol. The van der Waals surface area contributed by atoms with E-state index in [4.69, 9.17) is 39.1 Å². The Morgan fingerprint density at radius 2 is 1.04 bits per heavy atom. The number of hydrogen-bond donors (Lipinski definition) is 4. The summed E-state index contributed by atoms with van der Waals surface area (Å²) in [5, 5.41) is 18.1. The summed E-state index contributed by atoms with van der Waals surface area (Å²) in [4.78, 5) is 39.6. The normalized spacial score (nSPS) is 12.3. The molecule has 0 saturated heterocycles. The van der Waals surface area contributed by atoms with E-state index in [0.29, 0.717) is 35.8 Å². The fraction of sp³-hybridized carbons (Fsp3) is 0.286. The van der Waals surface area contributed by atoms with Gasteiger partial charge in [-0.3, -0.25) is 19.6 Å². The van der Waals surface area contributed by atoms with Gasteiger partial charge in [0, 0.05) is 57.4 Å². The van der Waals surface area contributed by atoms with Crippen molar-refractivity contribution in [3.63, 3.8) is 0 Å². The maximum absolute atomic E-state index is 11.1. The van der Waals surface area contributed by atoms with Crippen molar-refractivity contribution >= 4 is 34.0 Å². The number of ether oxygens (including phenoxy) is 4. The summed E-state index contributed by atoms with van der Waals surface area (Å²) >= 11 is 0. The molecule has 7 rings (SSSR count). The molecule has 12 heteroatoms. The molecule has 0 atom stereocenters. The van der Waals surface area contributed by atoms with Crippen LogP contribution in [-0.4, -0.2) is 69.5 Å². The Kier molecular flexibility index (Phi) is 10.8. The molecule has 0 aliphatic carbocycles. The quantitative estimate of drug-likeness (QED) is 0.0830. The standard InChI is InChI=1S/C42H42N4O8/c1-51-35-17-7-25(21-37(35)53-19-3-5-39(47)48)41-31-13-9-27(43-31)23-29-11-15-33(45-29)42(34-16-12-30(46-34)24-28-10-14-32(41)44-28)26-8-18-36(52-2)38(22-26)54-20-4-6-40(49)50/h7-9,12-13,16-18,21-24,43,46H,3-6,10-11,14-15,19-20H2,1-2H3,(H,47,48)(H,49,50). The van der Waals surface area contributed by atoms with Gasteiger partial charge in [0.25, 0.3) is 0 Å². The second kappa shape index (κ2) is 16.2. The first-order chi connectivity index (χ1) is 26.3. The van der Waals surface area contributed by atoms with Gasteiger partial charge in [0.15, 0.2) is 23.0 Å². The lowest BCUT2D eigenvalue weighted by Crippen LogP contribution is -2.03. The van der Waals surface area contributed by atoms with Crippen LogP contribution in [0.3, 0.4) is 0 Å². The van der Waals surface area contributed by atoms with Crippen LogP contribution in [0.5, 0.6) is 23.0 Å². The van der Waals surface area contributed by atoms with Crippen molar-refractivity contribution in [3.8, 4) is 45.3 Å². The second-order valence-corrected chi connectivity index (χ2v) is 13.2. The minimum Gasteiger partial charge on any atom is -0.493 e. The first-order valence-electron chi connectivity index (χ1n) is 18.0. The Bertz CT molecular complexity index is 2200. The van der Waals surface area contributed by atoms with Gasteiger partial charge >= 0.3 is 11.9 Å². The van der Waals surface area contributed by atoms with Crippen LogP contribution in [0.4, 0.5) is 0 Å². The highest BCUT2D eigenvalue weighted by Gasteiger charge is 2.19. The number of aliphatic carboxylic acids is 2. The molecule has 0 radical (unpaired) electrons. The first kappa shape index (κ1) is 36.1. The molecule has 5 heterocycles. The summed E-state index contributed by atoms with van der Waals surface area (Å²) in [6.07, 6.45) is 3.78. The highest BCUT2D eigenvalue weighted by Crippen LogP contribution is 2.38. The topological polar surface area (TPSA) is 169 Å². The van der Waals surface area contributed by atoms with E-state index in [2.05, 4.69) is 34.2 Å². The highest BCUT2D eigenvalue weighted by atomic mass is 16.5. The summed E-state index contributed by atoms with van der Waals surface area (Å²) in [5.74, 6) is 0.485. The Morgan fingerprint density at radius 1 is 0.593 bits per heavy atom.